The molecule has 5 rings (SSSR count). The summed E-state index contributed by atoms with van der Waals surface area (Å²) in [6.07, 6.45) is 0.636. The number of hydrogen-bond donors (Lipinski definition) is 6. The van der Waals surface area contributed by atoms with Crippen molar-refractivity contribution in [2.75, 3.05) is 14.1 Å². The average Bonchev–Trinajstić information content (AvgIpc) is 3.35. The number of nitrogens with two attached hydrogens (primary N) is 2. The highest BCUT2D eigenvalue weighted by molar-refractivity contribution is 14.1. The number of benzene rings is 1. The molecule has 1 aliphatic heterocycles. The molecule has 10 nitrogen and oxygen atoms in total. The number of carbonyl (C=O) groups excluding carboxylic acids is 2. The normalized spacial score (nSPS) is 34.6. The molecule has 176 valence electrons. The summed E-state index contributed by atoms with van der Waals surface area (Å²) in [7, 11) is 3.37. The number of primary amides is 1. The lowest BCUT2D eigenvalue weighted by Gasteiger charge is -2.45. The van der Waals surface area contributed by atoms with E-state index in [1.165, 1.54) is 0 Å². The topological polar surface area (TPSA) is 183 Å². The molecule has 11 heteroatoms. The number of carbonyl (C=O) groups is 2. The number of ether oxygens (including phenoxy) is 1. The van der Waals surface area contributed by atoms with Crippen LogP contribution in [0.5, 0.6) is 5.75 Å². The lowest BCUT2D eigenvalue weighted by molar-refractivity contribution is -0.117. The second kappa shape index (κ2) is 6.92. The van der Waals surface area contributed by atoms with Crippen LogP contribution in [0.1, 0.15) is 27.9 Å². The molecule has 5 atom stereocenters. The van der Waals surface area contributed by atoms with Crippen molar-refractivity contribution in [3.8, 4) is 5.75 Å². The number of rotatable bonds is 3. The highest BCUT2D eigenvalue weighted by Crippen LogP contribution is 2.68. The third-order valence-electron chi connectivity index (χ3n) is 7.48. The zero-order valence-corrected chi connectivity index (χ0v) is 20.1. The van der Waals surface area contributed by atoms with Gasteiger partial charge >= 0.3 is 0 Å². The van der Waals surface area contributed by atoms with E-state index >= 15 is 0 Å². The summed E-state index contributed by atoms with van der Waals surface area (Å²) in [5.41, 5.74) is 10.0. The van der Waals surface area contributed by atoms with Crippen molar-refractivity contribution in [2.45, 2.75) is 36.8 Å². The molecule has 1 amide bonds. The Bertz CT molecular complexity index is 1210. The summed E-state index contributed by atoms with van der Waals surface area (Å²) >= 11 is 2.10. The van der Waals surface area contributed by atoms with E-state index in [0.717, 1.165) is 3.57 Å². The molecule has 33 heavy (non-hydrogen) atoms. The van der Waals surface area contributed by atoms with E-state index in [0.29, 0.717) is 17.5 Å². The number of amides is 1. The fraction of sp³-hybridized carbons (Fsp3) is 0.455. The number of halogens is 1. The minimum atomic E-state index is -2.35. The molecule has 1 aromatic carbocycles. The zero-order valence-electron chi connectivity index (χ0n) is 17.9. The molecule has 1 heterocycles. The number of Topliss-reactive ketones (excluding diaryl/α,β-unsaturated/α-hetero) is 1. The van der Waals surface area contributed by atoms with Gasteiger partial charge in [0.15, 0.2) is 11.4 Å². The van der Waals surface area contributed by atoms with Crippen LogP contribution in [0.15, 0.2) is 28.7 Å². The van der Waals surface area contributed by atoms with E-state index in [1.807, 2.05) is 0 Å². The molecule has 3 aliphatic carbocycles. The number of aromatic hydroxyl groups is 1. The Morgan fingerprint density at radius 2 is 2.00 bits per heavy atom. The summed E-state index contributed by atoms with van der Waals surface area (Å²) < 4.78 is 6.42. The predicted octanol–water partition coefficient (Wildman–Crippen LogP) is 0.341. The van der Waals surface area contributed by atoms with Gasteiger partial charge in [-0.25, -0.2) is 0 Å². The summed E-state index contributed by atoms with van der Waals surface area (Å²) in [4.78, 5) is 27.4. The number of epoxide rings is 1. The van der Waals surface area contributed by atoms with Crippen molar-refractivity contribution in [3.63, 3.8) is 0 Å². The Labute approximate surface area is 202 Å². The van der Waals surface area contributed by atoms with Gasteiger partial charge in [0, 0.05) is 27.2 Å². The van der Waals surface area contributed by atoms with Crippen LogP contribution in [0.2, 0.25) is 0 Å². The van der Waals surface area contributed by atoms with Gasteiger partial charge in [-0.15, -0.1) is 0 Å². The zero-order chi connectivity index (χ0) is 24.2. The van der Waals surface area contributed by atoms with E-state index in [-0.39, 0.29) is 29.9 Å². The number of likely N-dealkylation sites (N-methyl/N-ethyl adjacent to an activating group) is 1. The van der Waals surface area contributed by atoms with Crippen molar-refractivity contribution >= 4 is 34.3 Å². The van der Waals surface area contributed by atoms with Crippen LogP contribution in [0, 0.1) is 15.4 Å². The summed E-state index contributed by atoms with van der Waals surface area (Å²) in [6.45, 7) is 0.0300. The number of phenols is 1. The minimum absolute atomic E-state index is 0.0256. The van der Waals surface area contributed by atoms with Crippen LogP contribution in [0.3, 0.4) is 0 Å². The largest absolute Gasteiger partial charge is 0.510 e. The van der Waals surface area contributed by atoms with Gasteiger partial charge in [-0.3, -0.25) is 14.5 Å². The number of nitrogens with zero attached hydrogens (tertiary/aromatic N) is 1. The maximum absolute atomic E-state index is 13.6. The van der Waals surface area contributed by atoms with Crippen molar-refractivity contribution < 1.29 is 34.8 Å². The highest BCUT2D eigenvalue weighted by atomic mass is 127. The van der Waals surface area contributed by atoms with Gasteiger partial charge in [-0.2, -0.15) is 0 Å². The molecule has 1 spiro atoms. The van der Waals surface area contributed by atoms with E-state index in [1.54, 1.807) is 25.1 Å². The molecule has 0 radical (unpaired) electrons. The third kappa shape index (κ3) is 2.56. The first-order valence-corrected chi connectivity index (χ1v) is 11.5. The SMILES string of the molecule is CN(C)[C@@H]1C(O)=C(C(N)=O)C2(O)O[C@@]23C(O)=C2C(=O)c4c(O)c(CN)cc(I)c4C[C@H]2C[C@@H]13. The van der Waals surface area contributed by atoms with Gasteiger partial charge in [-0.1, -0.05) is 0 Å². The Morgan fingerprint density at radius 3 is 2.58 bits per heavy atom. The van der Waals surface area contributed by atoms with Crippen molar-refractivity contribution in [1.29, 1.82) is 0 Å². The molecular weight excluding hydrogens is 545 g/mol. The first-order chi connectivity index (χ1) is 15.4. The number of aliphatic hydroxyl groups is 3. The molecule has 4 aliphatic rings. The summed E-state index contributed by atoms with van der Waals surface area (Å²) in [5, 5.41) is 44.3. The van der Waals surface area contributed by atoms with Crippen LogP contribution in [-0.2, 0) is 22.5 Å². The van der Waals surface area contributed by atoms with Crippen LogP contribution in [0.4, 0.5) is 0 Å². The molecular formula is C22H24IN3O7. The average molecular weight is 569 g/mol. The van der Waals surface area contributed by atoms with E-state index in [9.17, 15) is 30.0 Å². The smallest absolute Gasteiger partial charge is 0.253 e. The fourth-order valence-corrected chi connectivity index (χ4v) is 6.96. The van der Waals surface area contributed by atoms with E-state index in [2.05, 4.69) is 22.6 Å². The molecule has 0 aromatic heterocycles. The first kappa shape index (κ1) is 22.6. The van der Waals surface area contributed by atoms with Crippen LogP contribution < -0.4 is 11.5 Å². The van der Waals surface area contributed by atoms with Crippen molar-refractivity contribution in [3.05, 3.63) is 49.0 Å². The van der Waals surface area contributed by atoms with Gasteiger partial charge in [-0.05, 0) is 67.1 Å². The Morgan fingerprint density at radius 1 is 1.33 bits per heavy atom. The second-order valence-electron chi connectivity index (χ2n) is 9.27. The molecule has 0 bridgehead atoms. The van der Waals surface area contributed by atoms with Gasteiger partial charge < -0.3 is 36.6 Å². The number of ketones is 1. The maximum Gasteiger partial charge on any atom is 0.253 e. The van der Waals surface area contributed by atoms with Gasteiger partial charge in [0.2, 0.25) is 5.79 Å². The fourth-order valence-electron chi connectivity index (χ4n) is 6.09. The Kier molecular flexibility index (Phi) is 4.74. The number of fused-ring (bicyclic) bond motifs is 2. The molecule has 1 unspecified atom stereocenters. The molecule has 1 fully saturated rings. The second-order valence-corrected chi connectivity index (χ2v) is 10.4. The monoisotopic (exact) mass is 569 g/mol. The van der Waals surface area contributed by atoms with Gasteiger partial charge in [0.05, 0.1) is 11.6 Å². The molecule has 1 saturated heterocycles. The number of hydrogen-bond acceptors (Lipinski definition) is 9. The standard InChI is InChI=1S/C22H24IN3O7/c1-26(2)15-10-4-7-3-9-11(23)5-8(6-24)16(27)13(9)17(28)12(7)19(30)21(10)22(32,33-21)14(18(15)29)20(25)31/h5,7,10,15,27,29-30,32H,3-4,6,24H2,1-2H3,(H2,25,31)/t7-,10-,15-,21-,22?/m0/s1. The maximum atomic E-state index is 13.6. The number of aliphatic hydroxyl groups excluding tert-OH is 2. The molecule has 1 aromatic rings. The molecule has 8 N–H and O–H groups in total. The Hall–Kier alpha value is -2.19. The van der Waals surface area contributed by atoms with E-state index in [4.69, 9.17) is 16.2 Å². The predicted molar refractivity (Wildman–Crippen MR) is 123 cm³/mol. The molecule has 0 saturated carbocycles. The van der Waals surface area contributed by atoms with Gasteiger partial charge in [0.1, 0.15) is 22.8 Å². The number of phenolic OH excluding ortho intramolecular Hbond substituents is 1. The minimum Gasteiger partial charge on any atom is -0.510 e. The van der Waals surface area contributed by atoms with Crippen LogP contribution >= 0.6 is 22.6 Å². The van der Waals surface area contributed by atoms with Crippen molar-refractivity contribution in [2.24, 2.45) is 23.3 Å². The lowest BCUT2D eigenvalue weighted by atomic mass is 9.60. The van der Waals surface area contributed by atoms with E-state index < -0.39 is 58.0 Å². The lowest BCUT2D eigenvalue weighted by Crippen LogP contribution is -2.57. The first-order valence-electron chi connectivity index (χ1n) is 10.5. The third-order valence-corrected chi connectivity index (χ3v) is 8.44. The number of allylic oxidation sites excluding steroid dienone is 1. The quantitative estimate of drug-likeness (QED) is 0.221. The van der Waals surface area contributed by atoms with Crippen LogP contribution in [0.25, 0.3) is 0 Å². The highest BCUT2D eigenvalue weighted by Gasteiger charge is 2.84. The summed E-state index contributed by atoms with van der Waals surface area (Å²) in [6, 6.07) is 0.947. The summed E-state index contributed by atoms with van der Waals surface area (Å²) in [5.74, 6) is -6.26. The van der Waals surface area contributed by atoms with Crippen molar-refractivity contribution in [1.82, 2.24) is 4.90 Å². The van der Waals surface area contributed by atoms with Gasteiger partial charge in [0.25, 0.3) is 5.91 Å². The Balaban J connectivity index is 1.74. The van der Waals surface area contributed by atoms with Crippen LogP contribution in [-0.4, -0.2) is 68.5 Å².